The van der Waals surface area contributed by atoms with Crippen molar-refractivity contribution in [1.29, 1.82) is 0 Å². The molecule has 0 aromatic carbocycles. The third-order valence-electron chi connectivity index (χ3n) is 3.83. The number of rotatable bonds is 1. The van der Waals surface area contributed by atoms with Crippen molar-refractivity contribution in [3.8, 4) is 0 Å². The second kappa shape index (κ2) is 6.02. The fraction of sp³-hybridized carbons (Fsp3) is 0.923. The lowest BCUT2D eigenvalue weighted by atomic mass is 9.81. The van der Waals surface area contributed by atoms with Gasteiger partial charge in [0.25, 0.3) is 0 Å². The van der Waals surface area contributed by atoms with Crippen LogP contribution in [0.4, 0.5) is 0 Å². The summed E-state index contributed by atoms with van der Waals surface area (Å²) >= 11 is 1.98. The zero-order chi connectivity index (χ0) is 12.5. The summed E-state index contributed by atoms with van der Waals surface area (Å²) in [5, 5.41) is 3.36. The van der Waals surface area contributed by atoms with E-state index in [2.05, 4.69) is 31.0 Å². The maximum absolute atomic E-state index is 12.6. The number of hydrogen-bond acceptors (Lipinski definition) is 3. The molecule has 1 amide bonds. The zero-order valence-corrected chi connectivity index (χ0v) is 13.3. The van der Waals surface area contributed by atoms with Gasteiger partial charge in [-0.1, -0.05) is 0 Å². The van der Waals surface area contributed by atoms with Crippen LogP contribution in [-0.2, 0) is 4.79 Å². The van der Waals surface area contributed by atoms with Crippen molar-refractivity contribution in [2.45, 2.75) is 38.4 Å². The highest BCUT2D eigenvalue weighted by Crippen LogP contribution is 2.34. The van der Waals surface area contributed by atoms with Gasteiger partial charge in [0, 0.05) is 30.1 Å². The maximum Gasteiger partial charge on any atom is 0.229 e. The number of hydrogen-bond donors (Lipinski definition) is 1. The molecule has 0 saturated carbocycles. The molecule has 3 nitrogen and oxygen atoms in total. The topological polar surface area (TPSA) is 32.3 Å². The van der Waals surface area contributed by atoms with E-state index in [9.17, 15) is 4.79 Å². The van der Waals surface area contributed by atoms with Crippen molar-refractivity contribution < 1.29 is 4.79 Å². The number of amides is 1. The van der Waals surface area contributed by atoms with Crippen LogP contribution in [0.25, 0.3) is 0 Å². The summed E-state index contributed by atoms with van der Waals surface area (Å²) in [6, 6.07) is 0. The predicted molar refractivity (Wildman–Crippen MR) is 80.6 cm³/mol. The molecule has 1 atom stereocenters. The van der Waals surface area contributed by atoms with Gasteiger partial charge in [-0.15, -0.1) is 12.4 Å². The second-order valence-corrected chi connectivity index (χ2v) is 7.98. The molecule has 0 radical (unpaired) electrons. The summed E-state index contributed by atoms with van der Waals surface area (Å²) < 4.78 is 0.215. The van der Waals surface area contributed by atoms with Gasteiger partial charge >= 0.3 is 0 Å². The van der Waals surface area contributed by atoms with Gasteiger partial charge in [-0.2, -0.15) is 11.8 Å². The van der Waals surface area contributed by atoms with Gasteiger partial charge in [0.2, 0.25) is 5.91 Å². The molecular formula is C13H25ClN2OS. The van der Waals surface area contributed by atoms with E-state index in [1.165, 1.54) is 0 Å². The fourth-order valence-corrected chi connectivity index (χ4v) is 3.92. The molecule has 2 rings (SSSR count). The van der Waals surface area contributed by atoms with Crippen molar-refractivity contribution in [2.24, 2.45) is 5.41 Å². The van der Waals surface area contributed by atoms with Crippen molar-refractivity contribution in [1.82, 2.24) is 10.2 Å². The fourth-order valence-electron chi connectivity index (χ4n) is 2.81. The Labute approximate surface area is 121 Å². The smallest absolute Gasteiger partial charge is 0.229 e. The first-order valence-corrected chi connectivity index (χ1v) is 7.56. The SMILES string of the molecule is CC1(C)CN(C(=O)C2(C)CCCNC2)CCS1.Cl. The number of nitrogens with zero attached hydrogens (tertiary/aromatic N) is 1. The number of piperidine rings is 1. The number of thioether (sulfide) groups is 1. The van der Waals surface area contributed by atoms with Gasteiger partial charge in [-0.3, -0.25) is 4.79 Å². The molecule has 0 aromatic heterocycles. The molecule has 2 saturated heterocycles. The van der Waals surface area contributed by atoms with E-state index in [4.69, 9.17) is 0 Å². The van der Waals surface area contributed by atoms with Crippen LogP contribution < -0.4 is 5.32 Å². The van der Waals surface area contributed by atoms with Crippen LogP contribution in [0.1, 0.15) is 33.6 Å². The minimum Gasteiger partial charge on any atom is -0.340 e. The average molecular weight is 293 g/mol. The molecule has 1 N–H and O–H groups in total. The molecule has 0 aromatic rings. The van der Waals surface area contributed by atoms with Crippen molar-refractivity contribution >= 4 is 30.1 Å². The van der Waals surface area contributed by atoms with Crippen molar-refractivity contribution in [3.05, 3.63) is 0 Å². The number of halogens is 1. The molecule has 0 bridgehead atoms. The van der Waals surface area contributed by atoms with Gasteiger partial charge in [-0.05, 0) is 40.2 Å². The van der Waals surface area contributed by atoms with E-state index in [1.54, 1.807) is 0 Å². The lowest BCUT2D eigenvalue weighted by Crippen LogP contribution is -2.55. The first kappa shape index (κ1) is 16.1. The molecule has 1 unspecified atom stereocenters. The van der Waals surface area contributed by atoms with Crippen LogP contribution in [0.15, 0.2) is 0 Å². The third kappa shape index (κ3) is 3.55. The molecule has 106 valence electrons. The number of carbonyl (C=O) groups is 1. The molecule has 0 spiro atoms. The van der Waals surface area contributed by atoms with Crippen LogP contribution in [0, 0.1) is 5.41 Å². The summed E-state index contributed by atoms with van der Waals surface area (Å²) in [6.45, 7) is 10.3. The highest BCUT2D eigenvalue weighted by molar-refractivity contribution is 8.00. The Morgan fingerprint density at radius 2 is 2.06 bits per heavy atom. The van der Waals surface area contributed by atoms with E-state index in [1.807, 2.05) is 11.8 Å². The lowest BCUT2D eigenvalue weighted by molar-refractivity contribution is -0.142. The molecule has 5 heteroatoms. The van der Waals surface area contributed by atoms with E-state index in [0.29, 0.717) is 5.91 Å². The Morgan fingerprint density at radius 1 is 1.33 bits per heavy atom. The van der Waals surface area contributed by atoms with E-state index in [-0.39, 0.29) is 22.6 Å². The normalized spacial score (nSPS) is 31.6. The van der Waals surface area contributed by atoms with E-state index >= 15 is 0 Å². The number of nitrogens with one attached hydrogen (secondary N) is 1. The van der Waals surface area contributed by atoms with Gasteiger partial charge in [0.05, 0.1) is 5.41 Å². The standard InChI is InChI=1S/C13H24N2OS.ClH/c1-12(2)10-15(7-8-17-12)11(16)13(3)5-4-6-14-9-13;/h14H,4-10H2,1-3H3;1H. The Morgan fingerprint density at radius 3 is 2.61 bits per heavy atom. The van der Waals surface area contributed by atoms with E-state index < -0.39 is 0 Å². The minimum absolute atomic E-state index is 0. The molecule has 2 heterocycles. The largest absolute Gasteiger partial charge is 0.340 e. The zero-order valence-electron chi connectivity index (χ0n) is 11.6. The highest BCUT2D eigenvalue weighted by atomic mass is 35.5. The Hall–Kier alpha value is 0.0700. The Bertz CT molecular complexity index is 303. The average Bonchev–Trinajstić information content (AvgIpc) is 2.27. The van der Waals surface area contributed by atoms with Crippen LogP contribution >= 0.6 is 24.2 Å². The van der Waals surface area contributed by atoms with Gasteiger partial charge in [0.15, 0.2) is 0 Å². The molecular weight excluding hydrogens is 268 g/mol. The summed E-state index contributed by atoms with van der Waals surface area (Å²) in [6.07, 6.45) is 2.15. The molecule has 2 aliphatic rings. The predicted octanol–water partition coefficient (Wildman–Crippen LogP) is 2.15. The summed E-state index contributed by atoms with van der Waals surface area (Å²) in [7, 11) is 0. The first-order chi connectivity index (χ1) is 7.93. The quantitative estimate of drug-likeness (QED) is 0.804. The Balaban J connectivity index is 0.00000162. The van der Waals surface area contributed by atoms with Crippen LogP contribution in [0.5, 0.6) is 0 Å². The minimum atomic E-state index is -0.170. The number of carbonyl (C=O) groups excluding carboxylic acids is 1. The van der Waals surface area contributed by atoms with Gasteiger partial charge in [0.1, 0.15) is 0 Å². The Kier molecular flexibility index (Phi) is 5.39. The summed E-state index contributed by atoms with van der Waals surface area (Å²) in [4.78, 5) is 14.7. The lowest BCUT2D eigenvalue weighted by Gasteiger charge is -2.43. The van der Waals surface area contributed by atoms with Gasteiger partial charge < -0.3 is 10.2 Å². The summed E-state index contributed by atoms with van der Waals surface area (Å²) in [5.41, 5.74) is -0.170. The maximum atomic E-state index is 12.6. The van der Waals surface area contributed by atoms with Crippen molar-refractivity contribution in [2.75, 3.05) is 31.9 Å². The molecule has 18 heavy (non-hydrogen) atoms. The van der Waals surface area contributed by atoms with Gasteiger partial charge in [-0.25, -0.2) is 0 Å². The van der Waals surface area contributed by atoms with Crippen LogP contribution in [-0.4, -0.2) is 47.5 Å². The van der Waals surface area contributed by atoms with E-state index in [0.717, 1.165) is 44.8 Å². The highest BCUT2D eigenvalue weighted by Gasteiger charge is 2.40. The third-order valence-corrected chi connectivity index (χ3v) is 5.12. The monoisotopic (exact) mass is 292 g/mol. The van der Waals surface area contributed by atoms with Crippen molar-refractivity contribution in [3.63, 3.8) is 0 Å². The molecule has 2 fully saturated rings. The molecule has 2 aliphatic heterocycles. The van der Waals surface area contributed by atoms with Crippen LogP contribution in [0.3, 0.4) is 0 Å². The summed E-state index contributed by atoms with van der Waals surface area (Å²) in [5.74, 6) is 1.43. The second-order valence-electron chi connectivity index (χ2n) is 6.18. The molecule has 0 aliphatic carbocycles. The first-order valence-electron chi connectivity index (χ1n) is 6.57. The van der Waals surface area contributed by atoms with Crippen LogP contribution in [0.2, 0.25) is 0 Å².